The summed E-state index contributed by atoms with van der Waals surface area (Å²) in [6, 6.07) is 0.519. The van der Waals surface area contributed by atoms with Gasteiger partial charge in [0.15, 0.2) is 0 Å². The summed E-state index contributed by atoms with van der Waals surface area (Å²) in [5.74, 6) is 1.28. The smallest absolute Gasteiger partial charge is 0.326 e. The quantitative estimate of drug-likeness (QED) is 0.783. The van der Waals surface area contributed by atoms with Gasteiger partial charge in [0.05, 0.1) is 7.11 Å². The fourth-order valence-electron chi connectivity index (χ4n) is 3.48. The van der Waals surface area contributed by atoms with Crippen LogP contribution in [-0.2, 0) is 9.53 Å². The number of carbonyl (C=O) groups is 1. The number of methoxy groups -OCH3 is 1. The second kappa shape index (κ2) is 5.60. The minimum Gasteiger partial charge on any atom is -0.468 e. The minimum absolute atomic E-state index is 0.0510. The fraction of sp³-hybridized carbons (Fsp3) is 0.933. The third-order valence-electron chi connectivity index (χ3n) is 4.83. The van der Waals surface area contributed by atoms with Crippen LogP contribution >= 0.6 is 0 Å². The first kappa shape index (κ1) is 13.9. The van der Waals surface area contributed by atoms with E-state index in [1.807, 2.05) is 0 Å². The molecule has 18 heavy (non-hydrogen) atoms. The van der Waals surface area contributed by atoms with Gasteiger partial charge in [0.25, 0.3) is 0 Å². The van der Waals surface area contributed by atoms with Crippen LogP contribution in [0.25, 0.3) is 0 Å². The molecule has 3 heteroatoms. The average molecular weight is 253 g/mol. The van der Waals surface area contributed by atoms with Crippen LogP contribution < -0.4 is 5.32 Å². The zero-order valence-electron chi connectivity index (χ0n) is 12.0. The first-order valence-electron chi connectivity index (χ1n) is 7.43. The molecule has 0 aliphatic heterocycles. The van der Waals surface area contributed by atoms with E-state index < -0.39 is 0 Å². The van der Waals surface area contributed by atoms with Gasteiger partial charge in [-0.25, -0.2) is 0 Å². The summed E-state index contributed by atoms with van der Waals surface area (Å²) >= 11 is 0. The summed E-state index contributed by atoms with van der Waals surface area (Å²) in [6.07, 6.45) is 8.26. The van der Waals surface area contributed by atoms with Crippen molar-refractivity contribution in [3.8, 4) is 0 Å². The molecule has 2 aliphatic carbocycles. The maximum Gasteiger partial charge on any atom is 0.326 e. The lowest BCUT2D eigenvalue weighted by molar-refractivity contribution is -0.157. The summed E-state index contributed by atoms with van der Waals surface area (Å²) in [5.41, 5.74) is -0.369. The lowest BCUT2D eigenvalue weighted by Gasteiger charge is -2.49. The Morgan fingerprint density at radius 1 is 1.22 bits per heavy atom. The number of esters is 1. The van der Waals surface area contributed by atoms with Crippen molar-refractivity contribution >= 4 is 5.97 Å². The van der Waals surface area contributed by atoms with E-state index in [9.17, 15) is 4.79 Å². The second-order valence-electron chi connectivity index (χ2n) is 6.47. The van der Waals surface area contributed by atoms with E-state index in [0.29, 0.717) is 17.9 Å². The molecular formula is C15H27NO2. The molecule has 2 aliphatic rings. The van der Waals surface area contributed by atoms with Crippen molar-refractivity contribution in [2.24, 2.45) is 11.8 Å². The highest BCUT2D eigenvalue weighted by atomic mass is 16.5. The number of nitrogens with one attached hydrogen (secondary N) is 1. The molecule has 0 unspecified atom stereocenters. The van der Waals surface area contributed by atoms with Crippen molar-refractivity contribution < 1.29 is 9.53 Å². The predicted octanol–water partition coefficient (Wildman–Crippen LogP) is 2.89. The topological polar surface area (TPSA) is 38.3 Å². The molecule has 0 atom stereocenters. The highest BCUT2D eigenvalue weighted by Gasteiger charge is 2.52. The van der Waals surface area contributed by atoms with Crippen molar-refractivity contribution in [1.29, 1.82) is 0 Å². The monoisotopic (exact) mass is 253 g/mol. The lowest BCUT2D eigenvalue weighted by Crippen LogP contribution is -2.64. The van der Waals surface area contributed by atoms with Crippen LogP contribution in [0.2, 0.25) is 0 Å². The van der Waals surface area contributed by atoms with Crippen LogP contribution in [0, 0.1) is 11.8 Å². The first-order chi connectivity index (χ1) is 8.57. The number of rotatable bonds is 4. The van der Waals surface area contributed by atoms with Crippen molar-refractivity contribution in [3.05, 3.63) is 0 Å². The third kappa shape index (κ3) is 2.71. The maximum atomic E-state index is 12.1. The van der Waals surface area contributed by atoms with Crippen molar-refractivity contribution in [2.45, 2.75) is 70.4 Å². The van der Waals surface area contributed by atoms with Gasteiger partial charge in [0.1, 0.15) is 5.54 Å². The van der Waals surface area contributed by atoms with Gasteiger partial charge in [-0.1, -0.05) is 33.1 Å². The summed E-state index contributed by atoms with van der Waals surface area (Å²) in [6.45, 7) is 4.49. The second-order valence-corrected chi connectivity index (χ2v) is 6.47. The van der Waals surface area contributed by atoms with Crippen molar-refractivity contribution in [1.82, 2.24) is 5.32 Å². The van der Waals surface area contributed by atoms with Crippen LogP contribution in [-0.4, -0.2) is 24.7 Å². The molecule has 0 aromatic rings. The molecule has 0 heterocycles. The molecule has 0 spiro atoms. The third-order valence-corrected chi connectivity index (χ3v) is 4.83. The van der Waals surface area contributed by atoms with E-state index in [4.69, 9.17) is 4.74 Å². The van der Waals surface area contributed by atoms with Gasteiger partial charge in [-0.3, -0.25) is 10.1 Å². The normalized spacial score (nSPS) is 33.2. The maximum absolute atomic E-state index is 12.1. The summed E-state index contributed by atoms with van der Waals surface area (Å²) in [4.78, 5) is 12.1. The van der Waals surface area contributed by atoms with Gasteiger partial charge in [0, 0.05) is 6.04 Å². The Morgan fingerprint density at radius 2 is 1.83 bits per heavy atom. The van der Waals surface area contributed by atoms with E-state index in [-0.39, 0.29) is 11.5 Å². The van der Waals surface area contributed by atoms with E-state index in [1.54, 1.807) is 0 Å². The molecule has 104 valence electrons. The standard InChI is InChI=1S/C15H27NO2/c1-11(2)12-9-15(10-12,14(17)18-3)16-13-7-5-4-6-8-13/h11-13,16H,4-10H2,1-3H3. The van der Waals surface area contributed by atoms with Crippen LogP contribution in [0.15, 0.2) is 0 Å². The zero-order valence-corrected chi connectivity index (χ0v) is 12.0. The Morgan fingerprint density at radius 3 is 2.33 bits per heavy atom. The van der Waals surface area contributed by atoms with Gasteiger partial charge < -0.3 is 4.74 Å². The highest BCUT2D eigenvalue weighted by molar-refractivity contribution is 5.82. The van der Waals surface area contributed by atoms with E-state index in [0.717, 1.165) is 12.8 Å². The Balaban J connectivity index is 1.96. The summed E-state index contributed by atoms with van der Waals surface area (Å²) in [7, 11) is 1.51. The first-order valence-corrected chi connectivity index (χ1v) is 7.43. The molecule has 0 amide bonds. The minimum atomic E-state index is -0.369. The SMILES string of the molecule is COC(=O)C1(NC2CCCCC2)CC(C(C)C)C1. The zero-order chi connectivity index (χ0) is 13.2. The van der Waals surface area contributed by atoms with E-state index in [2.05, 4.69) is 19.2 Å². The molecule has 2 saturated carbocycles. The summed E-state index contributed by atoms with van der Waals surface area (Å²) in [5, 5.41) is 3.63. The summed E-state index contributed by atoms with van der Waals surface area (Å²) < 4.78 is 5.03. The molecule has 3 nitrogen and oxygen atoms in total. The number of hydrogen-bond donors (Lipinski definition) is 1. The Hall–Kier alpha value is -0.570. The number of ether oxygens (including phenoxy) is 1. The number of hydrogen-bond acceptors (Lipinski definition) is 3. The van der Waals surface area contributed by atoms with Gasteiger partial charge in [0.2, 0.25) is 0 Å². The Bertz CT molecular complexity index is 289. The highest BCUT2D eigenvalue weighted by Crippen LogP contribution is 2.43. The van der Waals surface area contributed by atoms with Crippen LogP contribution in [0.1, 0.15) is 58.8 Å². The Labute approximate surface area is 111 Å². The van der Waals surface area contributed by atoms with Crippen LogP contribution in [0.4, 0.5) is 0 Å². The molecule has 2 fully saturated rings. The van der Waals surface area contributed by atoms with Crippen molar-refractivity contribution in [2.75, 3.05) is 7.11 Å². The number of carbonyl (C=O) groups excluding carboxylic acids is 1. The molecule has 0 saturated heterocycles. The molecule has 0 bridgehead atoms. The van der Waals surface area contributed by atoms with Gasteiger partial charge in [-0.15, -0.1) is 0 Å². The van der Waals surface area contributed by atoms with Crippen LogP contribution in [0.5, 0.6) is 0 Å². The fourth-order valence-corrected chi connectivity index (χ4v) is 3.48. The molecular weight excluding hydrogens is 226 g/mol. The van der Waals surface area contributed by atoms with Crippen molar-refractivity contribution in [3.63, 3.8) is 0 Å². The van der Waals surface area contributed by atoms with Gasteiger partial charge in [-0.05, 0) is 37.5 Å². The van der Waals surface area contributed by atoms with Crippen LogP contribution in [0.3, 0.4) is 0 Å². The van der Waals surface area contributed by atoms with E-state index >= 15 is 0 Å². The largest absolute Gasteiger partial charge is 0.468 e. The van der Waals surface area contributed by atoms with E-state index in [1.165, 1.54) is 39.2 Å². The average Bonchev–Trinajstić information content (AvgIpc) is 2.33. The molecule has 2 rings (SSSR count). The predicted molar refractivity (Wildman–Crippen MR) is 72.3 cm³/mol. The molecule has 0 aromatic heterocycles. The van der Waals surface area contributed by atoms with Gasteiger partial charge >= 0.3 is 5.97 Å². The molecule has 0 radical (unpaired) electrons. The lowest BCUT2D eigenvalue weighted by atomic mass is 9.63. The molecule has 1 N–H and O–H groups in total. The van der Waals surface area contributed by atoms with Gasteiger partial charge in [-0.2, -0.15) is 0 Å². The molecule has 0 aromatic carbocycles. The Kier molecular flexibility index (Phi) is 4.31.